The molecule has 0 unspecified atom stereocenters. The Labute approximate surface area is 126 Å². The predicted octanol–water partition coefficient (Wildman–Crippen LogP) is 2.14. The van der Waals surface area contributed by atoms with Crippen molar-refractivity contribution in [1.29, 1.82) is 0 Å². The minimum Gasteiger partial charge on any atom is -0.356 e. The second-order valence-corrected chi connectivity index (χ2v) is 5.56. The number of nitrogens with zero attached hydrogens (tertiary/aromatic N) is 1. The van der Waals surface area contributed by atoms with Crippen LogP contribution in [0.4, 0.5) is 0 Å². The first-order valence-corrected chi connectivity index (χ1v) is 7.84. The van der Waals surface area contributed by atoms with Crippen LogP contribution in [0.2, 0.25) is 0 Å². The van der Waals surface area contributed by atoms with E-state index in [-0.39, 0.29) is 11.8 Å². The minimum atomic E-state index is 0.0448. The van der Waals surface area contributed by atoms with E-state index in [1.54, 1.807) is 0 Å². The molecule has 0 aromatic heterocycles. The van der Waals surface area contributed by atoms with Crippen molar-refractivity contribution in [3.05, 3.63) is 35.9 Å². The molecule has 0 aliphatic carbocycles. The second kappa shape index (κ2) is 8.45. The van der Waals surface area contributed by atoms with Crippen molar-refractivity contribution >= 4 is 11.8 Å². The fourth-order valence-corrected chi connectivity index (χ4v) is 2.62. The highest BCUT2D eigenvalue weighted by Crippen LogP contribution is 2.11. The van der Waals surface area contributed by atoms with Gasteiger partial charge < -0.3 is 10.2 Å². The molecule has 1 heterocycles. The van der Waals surface area contributed by atoms with Crippen LogP contribution in [0, 0.1) is 0 Å². The lowest BCUT2D eigenvalue weighted by atomic mass is 10.1. The Morgan fingerprint density at radius 3 is 2.76 bits per heavy atom. The summed E-state index contributed by atoms with van der Waals surface area (Å²) in [5.41, 5.74) is 1.03. The molecule has 1 saturated heterocycles. The van der Waals surface area contributed by atoms with Gasteiger partial charge in [0, 0.05) is 26.1 Å². The van der Waals surface area contributed by atoms with Gasteiger partial charge in [-0.3, -0.25) is 9.59 Å². The summed E-state index contributed by atoms with van der Waals surface area (Å²) in [4.78, 5) is 25.6. The van der Waals surface area contributed by atoms with Crippen LogP contribution in [-0.2, 0) is 16.0 Å². The van der Waals surface area contributed by atoms with Crippen molar-refractivity contribution in [2.75, 3.05) is 19.6 Å². The van der Waals surface area contributed by atoms with Gasteiger partial charge in [0.2, 0.25) is 11.8 Å². The van der Waals surface area contributed by atoms with Crippen LogP contribution in [-0.4, -0.2) is 36.3 Å². The lowest BCUT2D eigenvalue weighted by Gasteiger charge is -2.20. The van der Waals surface area contributed by atoms with Gasteiger partial charge in [0.1, 0.15) is 0 Å². The molecule has 2 rings (SSSR count). The van der Waals surface area contributed by atoms with Crippen LogP contribution in [0.25, 0.3) is 0 Å². The molecule has 2 amide bonds. The Morgan fingerprint density at radius 1 is 1.14 bits per heavy atom. The summed E-state index contributed by atoms with van der Waals surface area (Å²) in [6.45, 7) is 2.26. The molecule has 0 atom stereocenters. The molecule has 0 radical (unpaired) electrons. The molecule has 1 aliphatic heterocycles. The first-order valence-electron chi connectivity index (χ1n) is 7.84. The Hall–Kier alpha value is -1.84. The maximum atomic E-state index is 11.8. The van der Waals surface area contributed by atoms with Crippen molar-refractivity contribution in [2.24, 2.45) is 0 Å². The highest BCUT2D eigenvalue weighted by Gasteiger charge is 2.15. The quantitative estimate of drug-likeness (QED) is 0.815. The molecule has 21 heavy (non-hydrogen) atoms. The molecule has 4 heteroatoms. The zero-order chi connectivity index (χ0) is 14.9. The zero-order valence-electron chi connectivity index (χ0n) is 12.5. The predicted molar refractivity (Wildman–Crippen MR) is 82.8 cm³/mol. The fraction of sp³-hybridized carbons (Fsp3) is 0.529. The van der Waals surface area contributed by atoms with Crippen LogP contribution in [0.15, 0.2) is 30.3 Å². The summed E-state index contributed by atoms with van der Waals surface area (Å²) >= 11 is 0. The Kier molecular flexibility index (Phi) is 6.25. The Bertz CT molecular complexity index is 459. The van der Waals surface area contributed by atoms with Gasteiger partial charge in [0.15, 0.2) is 0 Å². The van der Waals surface area contributed by atoms with E-state index >= 15 is 0 Å². The molecule has 1 aromatic rings. The third kappa shape index (κ3) is 5.58. The van der Waals surface area contributed by atoms with Crippen molar-refractivity contribution in [2.45, 2.75) is 38.5 Å². The standard InChI is InChI=1S/C17H24N2O2/c20-16(14-15-8-3-1-4-9-15)18-11-7-13-19-12-6-2-5-10-17(19)21/h1,3-4,8-9H,2,5-7,10-14H2,(H,18,20). The number of amides is 2. The molecule has 1 fully saturated rings. The van der Waals surface area contributed by atoms with Gasteiger partial charge in [0.25, 0.3) is 0 Å². The lowest BCUT2D eigenvalue weighted by molar-refractivity contribution is -0.130. The van der Waals surface area contributed by atoms with Gasteiger partial charge in [-0.1, -0.05) is 36.8 Å². The molecule has 0 saturated carbocycles. The van der Waals surface area contributed by atoms with Gasteiger partial charge in [-0.25, -0.2) is 0 Å². The van der Waals surface area contributed by atoms with Gasteiger partial charge in [-0.2, -0.15) is 0 Å². The molecule has 1 N–H and O–H groups in total. The average molecular weight is 288 g/mol. The first kappa shape index (κ1) is 15.5. The van der Waals surface area contributed by atoms with E-state index in [2.05, 4.69) is 5.32 Å². The highest BCUT2D eigenvalue weighted by molar-refractivity contribution is 5.78. The van der Waals surface area contributed by atoms with Crippen molar-refractivity contribution in [1.82, 2.24) is 10.2 Å². The number of nitrogens with one attached hydrogen (secondary N) is 1. The van der Waals surface area contributed by atoms with E-state index < -0.39 is 0 Å². The van der Waals surface area contributed by atoms with Crippen molar-refractivity contribution < 1.29 is 9.59 Å². The average Bonchev–Trinajstić information content (AvgIpc) is 2.69. The van der Waals surface area contributed by atoms with Crippen LogP contribution < -0.4 is 5.32 Å². The summed E-state index contributed by atoms with van der Waals surface area (Å²) in [5.74, 6) is 0.312. The third-order valence-electron chi connectivity index (χ3n) is 3.81. The van der Waals surface area contributed by atoms with Gasteiger partial charge >= 0.3 is 0 Å². The molecule has 114 valence electrons. The van der Waals surface area contributed by atoms with Crippen molar-refractivity contribution in [3.63, 3.8) is 0 Å². The Morgan fingerprint density at radius 2 is 1.95 bits per heavy atom. The SMILES string of the molecule is O=C(Cc1ccccc1)NCCCN1CCCCCC1=O. The summed E-state index contributed by atoms with van der Waals surface area (Å²) in [6.07, 6.45) is 5.20. The molecular formula is C17H24N2O2. The largest absolute Gasteiger partial charge is 0.356 e. The number of benzene rings is 1. The number of rotatable bonds is 6. The van der Waals surface area contributed by atoms with E-state index in [0.717, 1.165) is 44.3 Å². The van der Waals surface area contributed by atoms with E-state index in [9.17, 15) is 9.59 Å². The maximum Gasteiger partial charge on any atom is 0.224 e. The number of carbonyl (C=O) groups is 2. The summed E-state index contributed by atoms with van der Waals surface area (Å²) in [7, 11) is 0. The van der Waals surface area contributed by atoms with Crippen molar-refractivity contribution in [3.8, 4) is 0 Å². The van der Waals surface area contributed by atoms with Crippen LogP contribution in [0.3, 0.4) is 0 Å². The number of likely N-dealkylation sites (tertiary alicyclic amines) is 1. The lowest BCUT2D eigenvalue weighted by Crippen LogP contribution is -2.34. The molecule has 0 bridgehead atoms. The van der Waals surface area contributed by atoms with Gasteiger partial charge in [-0.05, 0) is 24.8 Å². The van der Waals surface area contributed by atoms with Crippen LogP contribution >= 0.6 is 0 Å². The van der Waals surface area contributed by atoms with E-state index in [1.807, 2.05) is 35.2 Å². The normalized spacial score (nSPS) is 15.6. The molecule has 1 aliphatic rings. The highest BCUT2D eigenvalue weighted by atomic mass is 16.2. The smallest absolute Gasteiger partial charge is 0.224 e. The van der Waals surface area contributed by atoms with Gasteiger partial charge in [0.05, 0.1) is 6.42 Å². The van der Waals surface area contributed by atoms with E-state index in [0.29, 0.717) is 19.4 Å². The monoisotopic (exact) mass is 288 g/mol. The Balaban J connectivity index is 1.62. The zero-order valence-corrected chi connectivity index (χ0v) is 12.5. The first-order chi connectivity index (χ1) is 10.3. The second-order valence-electron chi connectivity index (χ2n) is 5.56. The summed E-state index contributed by atoms with van der Waals surface area (Å²) < 4.78 is 0. The van der Waals surface area contributed by atoms with Crippen LogP contribution in [0.1, 0.15) is 37.7 Å². The summed E-state index contributed by atoms with van der Waals surface area (Å²) in [5, 5.41) is 2.92. The fourth-order valence-electron chi connectivity index (χ4n) is 2.62. The number of hydrogen-bond donors (Lipinski definition) is 1. The van der Waals surface area contributed by atoms with Crippen LogP contribution in [0.5, 0.6) is 0 Å². The number of carbonyl (C=O) groups excluding carboxylic acids is 2. The summed E-state index contributed by atoms with van der Waals surface area (Å²) in [6, 6.07) is 9.73. The van der Waals surface area contributed by atoms with E-state index in [4.69, 9.17) is 0 Å². The molecule has 0 spiro atoms. The van der Waals surface area contributed by atoms with E-state index in [1.165, 1.54) is 0 Å². The topological polar surface area (TPSA) is 49.4 Å². The molecule has 4 nitrogen and oxygen atoms in total. The van der Waals surface area contributed by atoms with Gasteiger partial charge in [-0.15, -0.1) is 0 Å². The molecular weight excluding hydrogens is 264 g/mol. The number of hydrogen-bond acceptors (Lipinski definition) is 2. The minimum absolute atomic E-state index is 0.0448. The maximum absolute atomic E-state index is 11.8. The molecule has 1 aromatic carbocycles. The third-order valence-corrected chi connectivity index (χ3v) is 3.81.